The lowest BCUT2D eigenvalue weighted by atomic mass is 9.94. The molecule has 2 saturated heterocycles. The van der Waals surface area contributed by atoms with E-state index in [0.29, 0.717) is 31.3 Å². The molecular formula is C21H16BrN3O6. The number of ether oxygens (including phenoxy) is 4. The first-order chi connectivity index (χ1) is 14.9. The van der Waals surface area contributed by atoms with E-state index in [4.69, 9.17) is 25.5 Å². The number of rotatable bonds is 0. The second-order valence-electron chi connectivity index (χ2n) is 7.58. The molecule has 2 N–H and O–H groups in total. The van der Waals surface area contributed by atoms with Gasteiger partial charge in [-0.05, 0) is 18.2 Å². The van der Waals surface area contributed by atoms with Crippen LogP contribution in [0.5, 0.6) is 11.5 Å². The van der Waals surface area contributed by atoms with Crippen LogP contribution in [0.15, 0.2) is 40.9 Å². The highest BCUT2D eigenvalue weighted by Crippen LogP contribution is 2.42. The van der Waals surface area contributed by atoms with Gasteiger partial charge in [0.1, 0.15) is 49.0 Å². The first-order valence-electron chi connectivity index (χ1n) is 9.41. The molecule has 6 rings (SSSR count). The molecular weight excluding hydrogens is 470 g/mol. The zero-order valence-corrected chi connectivity index (χ0v) is 17.7. The SMILES string of the molecule is O=C1NC2(CO1)COc1cc(Br)ccc12.[C-]#[N+]c1ccc2c(c1)OCC21COC(=O)N1. The number of hydrogen-bond donors (Lipinski definition) is 2. The van der Waals surface area contributed by atoms with E-state index in [1.807, 2.05) is 24.3 Å². The molecule has 4 heterocycles. The smallest absolute Gasteiger partial charge is 0.408 e. The van der Waals surface area contributed by atoms with E-state index in [9.17, 15) is 9.59 Å². The number of fused-ring (bicyclic) bond motifs is 4. The summed E-state index contributed by atoms with van der Waals surface area (Å²) >= 11 is 3.38. The predicted molar refractivity (Wildman–Crippen MR) is 110 cm³/mol. The van der Waals surface area contributed by atoms with E-state index < -0.39 is 17.2 Å². The maximum absolute atomic E-state index is 11.1. The fraction of sp³-hybridized carbons (Fsp3) is 0.286. The van der Waals surface area contributed by atoms with E-state index in [0.717, 1.165) is 21.3 Å². The van der Waals surface area contributed by atoms with Gasteiger partial charge in [-0.2, -0.15) is 0 Å². The number of carbonyl (C=O) groups is 2. The third-order valence-corrected chi connectivity index (χ3v) is 6.09. The molecule has 0 aliphatic carbocycles. The van der Waals surface area contributed by atoms with Gasteiger partial charge in [-0.3, -0.25) is 0 Å². The van der Waals surface area contributed by atoms with Crippen molar-refractivity contribution in [1.82, 2.24) is 10.6 Å². The maximum Gasteiger partial charge on any atom is 0.408 e. The van der Waals surface area contributed by atoms with Crippen molar-refractivity contribution in [2.75, 3.05) is 26.4 Å². The van der Waals surface area contributed by atoms with Gasteiger partial charge in [0.05, 0.1) is 6.57 Å². The summed E-state index contributed by atoms with van der Waals surface area (Å²) < 4.78 is 21.8. The van der Waals surface area contributed by atoms with E-state index in [-0.39, 0.29) is 12.7 Å². The normalized spacial score (nSPS) is 26.3. The van der Waals surface area contributed by atoms with Gasteiger partial charge < -0.3 is 29.6 Å². The fourth-order valence-electron chi connectivity index (χ4n) is 4.02. The van der Waals surface area contributed by atoms with Crippen LogP contribution in [0.2, 0.25) is 0 Å². The molecule has 2 amide bonds. The minimum atomic E-state index is -0.563. The minimum absolute atomic E-state index is 0.274. The second kappa shape index (κ2) is 7.06. The molecule has 0 saturated carbocycles. The third-order valence-electron chi connectivity index (χ3n) is 5.60. The third kappa shape index (κ3) is 3.21. The highest BCUT2D eigenvalue weighted by Gasteiger charge is 2.48. The Bertz CT molecular complexity index is 1150. The lowest BCUT2D eigenvalue weighted by Gasteiger charge is -2.17. The fourth-order valence-corrected chi connectivity index (χ4v) is 4.36. The van der Waals surface area contributed by atoms with Crippen LogP contribution in [-0.2, 0) is 20.6 Å². The van der Waals surface area contributed by atoms with Crippen LogP contribution < -0.4 is 20.1 Å². The largest absolute Gasteiger partial charge is 0.492 e. The number of halogens is 1. The number of alkyl carbamates (subject to hydrolysis) is 2. The Labute approximate surface area is 185 Å². The van der Waals surface area contributed by atoms with Crippen molar-refractivity contribution < 1.29 is 28.5 Å². The molecule has 2 aromatic carbocycles. The summed E-state index contributed by atoms with van der Waals surface area (Å²) in [5.41, 5.74) is 1.35. The van der Waals surface area contributed by atoms with E-state index in [1.165, 1.54) is 0 Å². The Morgan fingerprint density at radius 1 is 0.806 bits per heavy atom. The standard InChI is InChI=1S/C11H8N2O3.C10H8BrNO3/c1-12-7-2-3-8-9(4-7)15-5-11(8)6-16-10(14)13-11;11-6-1-2-7-8(3-6)14-4-10(7)5-15-9(13)12-10/h2-4H,5-6H2,(H,13,14);1-3H,4-5H2,(H,12,13). The average Bonchev–Trinajstić information content (AvgIpc) is 3.52. The highest BCUT2D eigenvalue weighted by molar-refractivity contribution is 9.10. The van der Waals surface area contributed by atoms with Gasteiger partial charge in [0.25, 0.3) is 0 Å². The van der Waals surface area contributed by atoms with Gasteiger partial charge in [0.2, 0.25) is 0 Å². The summed E-state index contributed by atoms with van der Waals surface area (Å²) in [7, 11) is 0. The maximum atomic E-state index is 11.1. The van der Waals surface area contributed by atoms with Crippen LogP contribution in [0.1, 0.15) is 11.1 Å². The molecule has 2 unspecified atom stereocenters. The van der Waals surface area contributed by atoms with Crippen molar-refractivity contribution >= 4 is 33.8 Å². The number of benzene rings is 2. The van der Waals surface area contributed by atoms with Crippen LogP contribution in [0.25, 0.3) is 4.85 Å². The molecule has 2 spiro atoms. The minimum Gasteiger partial charge on any atom is -0.492 e. The van der Waals surface area contributed by atoms with E-state index >= 15 is 0 Å². The average molecular weight is 486 g/mol. The first kappa shape index (κ1) is 19.5. The van der Waals surface area contributed by atoms with Crippen molar-refractivity contribution in [2.45, 2.75) is 11.1 Å². The van der Waals surface area contributed by atoms with E-state index in [2.05, 4.69) is 31.4 Å². The lowest BCUT2D eigenvalue weighted by Crippen LogP contribution is -2.41. The molecule has 158 valence electrons. The number of cyclic esters (lactones) is 2. The zero-order chi connectivity index (χ0) is 21.6. The number of nitrogens with one attached hydrogen (secondary N) is 2. The molecule has 2 aromatic rings. The summed E-state index contributed by atoms with van der Waals surface area (Å²) in [6.07, 6.45) is -0.805. The van der Waals surface area contributed by atoms with Crippen molar-refractivity contribution in [1.29, 1.82) is 0 Å². The van der Waals surface area contributed by atoms with Crippen LogP contribution in [-0.4, -0.2) is 38.6 Å². The Kier molecular flexibility index (Phi) is 4.44. The molecule has 0 aromatic heterocycles. The molecule has 2 atom stereocenters. The van der Waals surface area contributed by atoms with Crippen molar-refractivity contribution in [2.24, 2.45) is 0 Å². The highest BCUT2D eigenvalue weighted by atomic mass is 79.9. The van der Waals surface area contributed by atoms with Gasteiger partial charge in [0.15, 0.2) is 5.69 Å². The van der Waals surface area contributed by atoms with Gasteiger partial charge in [0, 0.05) is 15.6 Å². The molecule has 0 bridgehead atoms. The number of amides is 2. The van der Waals surface area contributed by atoms with Gasteiger partial charge in [-0.1, -0.05) is 34.1 Å². The first-order valence-corrected chi connectivity index (χ1v) is 10.2. The molecule has 10 heteroatoms. The molecule has 2 fully saturated rings. The summed E-state index contributed by atoms with van der Waals surface area (Å²) in [6, 6.07) is 11.0. The van der Waals surface area contributed by atoms with E-state index in [1.54, 1.807) is 12.1 Å². The Morgan fingerprint density at radius 3 is 1.84 bits per heavy atom. The van der Waals surface area contributed by atoms with Crippen LogP contribution in [0, 0.1) is 6.57 Å². The number of nitrogens with zero attached hydrogens (tertiary/aromatic N) is 1. The predicted octanol–water partition coefficient (Wildman–Crippen LogP) is 3.34. The second-order valence-corrected chi connectivity index (χ2v) is 8.49. The summed E-state index contributed by atoms with van der Waals surface area (Å²) in [4.78, 5) is 25.5. The molecule has 0 radical (unpaired) electrons. The Hall–Kier alpha value is -3.45. The zero-order valence-electron chi connectivity index (χ0n) is 16.1. The van der Waals surface area contributed by atoms with Crippen molar-refractivity contribution in [3.05, 3.63) is 63.4 Å². The lowest BCUT2D eigenvalue weighted by molar-refractivity contribution is 0.166. The summed E-state index contributed by atoms with van der Waals surface area (Å²) in [5.74, 6) is 1.45. The summed E-state index contributed by atoms with van der Waals surface area (Å²) in [5, 5.41) is 5.56. The van der Waals surface area contributed by atoms with Crippen LogP contribution >= 0.6 is 15.9 Å². The molecule has 31 heavy (non-hydrogen) atoms. The van der Waals surface area contributed by atoms with Crippen molar-refractivity contribution in [3.8, 4) is 11.5 Å². The molecule has 4 aliphatic rings. The quantitative estimate of drug-likeness (QED) is 0.555. The van der Waals surface area contributed by atoms with Crippen LogP contribution in [0.4, 0.5) is 15.3 Å². The number of hydrogen-bond acceptors (Lipinski definition) is 6. The molecule has 9 nitrogen and oxygen atoms in total. The van der Waals surface area contributed by atoms with Crippen LogP contribution in [0.3, 0.4) is 0 Å². The summed E-state index contributed by atoms with van der Waals surface area (Å²) in [6.45, 7) is 8.31. The number of carbonyl (C=O) groups excluding carboxylic acids is 2. The Balaban J connectivity index is 0.000000132. The monoisotopic (exact) mass is 485 g/mol. The molecule has 4 aliphatic heterocycles. The van der Waals surface area contributed by atoms with Gasteiger partial charge in [-0.15, -0.1) is 0 Å². The van der Waals surface area contributed by atoms with Crippen molar-refractivity contribution in [3.63, 3.8) is 0 Å². The van der Waals surface area contributed by atoms with Gasteiger partial charge >= 0.3 is 12.2 Å². The topological polar surface area (TPSA) is 99.5 Å². The van der Waals surface area contributed by atoms with Gasteiger partial charge in [-0.25, -0.2) is 14.4 Å². The Morgan fingerprint density at radius 2 is 1.32 bits per heavy atom.